The number of furan rings is 1. The van der Waals surface area contributed by atoms with Gasteiger partial charge in [0.2, 0.25) is 0 Å². The highest BCUT2D eigenvalue weighted by atomic mass is 19.1. The first-order chi connectivity index (χ1) is 13.5. The number of rotatable bonds is 5. The van der Waals surface area contributed by atoms with Gasteiger partial charge in [-0.15, -0.1) is 0 Å². The highest BCUT2D eigenvalue weighted by Gasteiger charge is 2.38. The van der Waals surface area contributed by atoms with Crippen LogP contribution < -0.4 is 5.73 Å². The van der Waals surface area contributed by atoms with Gasteiger partial charge in [-0.05, 0) is 43.5 Å². The lowest BCUT2D eigenvalue weighted by Gasteiger charge is -2.27. The molecule has 4 unspecified atom stereocenters. The van der Waals surface area contributed by atoms with E-state index in [2.05, 4.69) is 29.2 Å². The summed E-state index contributed by atoms with van der Waals surface area (Å²) >= 11 is 0. The Labute approximate surface area is 165 Å². The van der Waals surface area contributed by atoms with Crippen LogP contribution in [0.3, 0.4) is 0 Å². The lowest BCUT2D eigenvalue weighted by molar-refractivity contribution is 0.0668. The Bertz CT molecular complexity index is 807. The van der Waals surface area contributed by atoms with Gasteiger partial charge in [0.25, 0.3) is 5.91 Å². The van der Waals surface area contributed by atoms with Gasteiger partial charge in [-0.1, -0.05) is 30.3 Å². The fourth-order valence-corrected chi connectivity index (χ4v) is 4.43. The van der Waals surface area contributed by atoms with E-state index >= 15 is 0 Å². The van der Waals surface area contributed by atoms with Crippen LogP contribution in [0.15, 0.2) is 46.9 Å². The van der Waals surface area contributed by atoms with E-state index in [4.69, 9.17) is 10.2 Å². The maximum atomic E-state index is 14.2. The summed E-state index contributed by atoms with van der Waals surface area (Å²) in [6.45, 7) is 4.57. The molecule has 0 bridgehead atoms. The Hall–Kier alpha value is -2.18. The number of hydrogen-bond donors (Lipinski definition) is 1. The molecule has 2 aliphatic heterocycles. The first-order valence-corrected chi connectivity index (χ1v) is 10.1. The molecule has 5 nitrogen and oxygen atoms in total. The van der Waals surface area contributed by atoms with Gasteiger partial charge < -0.3 is 20.0 Å². The minimum atomic E-state index is -0.982. The van der Waals surface area contributed by atoms with E-state index in [-0.39, 0.29) is 30.3 Å². The van der Waals surface area contributed by atoms with Crippen LogP contribution >= 0.6 is 0 Å². The first kappa shape index (κ1) is 19.2. The average Bonchev–Trinajstić information content (AvgIpc) is 3.42. The normalized spacial score (nSPS) is 26.7. The van der Waals surface area contributed by atoms with Crippen molar-refractivity contribution in [1.82, 2.24) is 9.80 Å². The molecule has 1 aromatic carbocycles. The molecule has 2 saturated heterocycles. The smallest absolute Gasteiger partial charge is 0.289 e. The van der Waals surface area contributed by atoms with Crippen LogP contribution in [0, 0.1) is 0 Å². The molecular formula is C22H28FN3O2. The van der Waals surface area contributed by atoms with Crippen molar-refractivity contribution in [2.24, 2.45) is 5.73 Å². The molecule has 6 heteroatoms. The number of amides is 1. The van der Waals surface area contributed by atoms with Gasteiger partial charge in [0, 0.05) is 25.6 Å². The Kier molecular flexibility index (Phi) is 5.51. The van der Waals surface area contributed by atoms with Crippen LogP contribution in [0.4, 0.5) is 4.39 Å². The second kappa shape index (κ2) is 8.05. The molecule has 2 fully saturated rings. The fourth-order valence-electron chi connectivity index (χ4n) is 4.43. The van der Waals surface area contributed by atoms with Crippen LogP contribution in [0.25, 0.3) is 0 Å². The van der Waals surface area contributed by atoms with Gasteiger partial charge in [-0.25, -0.2) is 4.39 Å². The number of likely N-dealkylation sites (tertiary alicyclic amines) is 2. The third kappa shape index (κ3) is 3.98. The zero-order valence-electron chi connectivity index (χ0n) is 16.3. The van der Waals surface area contributed by atoms with Gasteiger partial charge in [-0.2, -0.15) is 0 Å². The lowest BCUT2D eigenvalue weighted by atomic mass is 9.99. The minimum absolute atomic E-state index is 0.124. The largest absolute Gasteiger partial charge is 0.454 e. The summed E-state index contributed by atoms with van der Waals surface area (Å²) in [7, 11) is 0. The van der Waals surface area contributed by atoms with Crippen molar-refractivity contribution in [3.63, 3.8) is 0 Å². The van der Waals surface area contributed by atoms with Crippen LogP contribution in [-0.2, 0) is 0 Å². The summed E-state index contributed by atoms with van der Waals surface area (Å²) in [6.07, 6.45) is 0.503. The fraction of sp³-hybridized carbons (Fsp3) is 0.500. The summed E-state index contributed by atoms with van der Waals surface area (Å²) < 4.78 is 19.8. The van der Waals surface area contributed by atoms with Gasteiger partial charge in [0.15, 0.2) is 5.76 Å². The molecule has 150 valence electrons. The third-order valence-electron chi connectivity index (χ3n) is 5.92. The summed E-state index contributed by atoms with van der Waals surface area (Å²) in [4.78, 5) is 16.9. The van der Waals surface area contributed by atoms with E-state index in [0.29, 0.717) is 24.6 Å². The number of halogens is 1. The van der Waals surface area contributed by atoms with Crippen molar-refractivity contribution in [1.29, 1.82) is 0 Å². The zero-order chi connectivity index (χ0) is 19.7. The van der Waals surface area contributed by atoms with Gasteiger partial charge >= 0.3 is 0 Å². The lowest BCUT2D eigenvalue weighted by Crippen LogP contribution is -2.42. The van der Waals surface area contributed by atoms with Crippen molar-refractivity contribution in [2.75, 3.05) is 26.2 Å². The Balaban J connectivity index is 1.41. The monoisotopic (exact) mass is 385 g/mol. The number of carbonyl (C=O) groups is 1. The number of carbonyl (C=O) groups excluding carboxylic acids is 1. The summed E-state index contributed by atoms with van der Waals surface area (Å²) in [5.41, 5.74) is 7.17. The topological polar surface area (TPSA) is 62.7 Å². The predicted molar refractivity (Wildman–Crippen MR) is 106 cm³/mol. The van der Waals surface area contributed by atoms with E-state index in [1.165, 1.54) is 5.56 Å². The minimum Gasteiger partial charge on any atom is -0.454 e. The SMILES string of the molecule is CC(N)c1ccc(C(=O)N2CC(F)CC2CN2CCC(c3ccccc3)C2)o1. The Morgan fingerprint density at radius 2 is 2.04 bits per heavy atom. The van der Waals surface area contributed by atoms with Gasteiger partial charge in [0.05, 0.1) is 12.6 Å². The Morgan fingerprint density at radius 3 is 2.75 bits per heavy atom. The van der Waals surface area contributed by atoms with E-state index in [0.717, 1.165) is 19.5 Å². The molecule has 28 heavy (non-hydrogen) atoms. The van der Waals surface area contributed by atoms with Gasteiger partial charge in [0.1, 0.15) is 11.9 Å². The van der Waals surface area contributed by atoms with Crippen molar-refractivity contribution < 1.29 is 13.6 Å². The molecule has 1 aromatic heterocycles. The number of benzene rings is 1. The van der Waals surface area contributed by atoms with E-state index < -0.39 is 6.17 Å². The molecule has 0 aliphatic carbocycles. The molecule has 3 heterocycles. The molecule has 4 rings (SSSR count). The van der Waals surface area contributed by atoms with Crippen molar-refractivity contribution >= 4 is 5.91 Å². The summed E-state index contributed by atoms with van der Waals surface area (Å²) in [6, 6.07) is 13.5. The molecule has 1 amide bonds. The highest BCUT2D eigenvalue weighted by molar-refractivity contribution is 5.92. The molecular weight excluding hydrogens is 357 g/mol. The Morgan fingerprint density at radius 1 is 1.25 bits per heavy atom. The number of alkyl halides is 1. The van der Waals surface area contributed by atoms with Gasteiger partial charge in [-0.3, -0.25) is 4.79 Å². The predicted octanol–water partition coefficient (Wildman–Crippen LogP) is 3.34. The molecule has 4 atom stereocenters. The summed E-state index contributed by atoms with van der Waals surface area (Å²) in [5.74, 6) is 1.08. The standard InChI is InChI=1S/C22H28FN3O2/c1-15(24)20-7-8-21(28-20)22(27)26-13-18(23)11-19(26)14-25-10-9-17(12-25)16-5-3-2-4-6-16/h2-8,15,17-19H,9-14,24H2,1H3. The van der Waals surface area contributed by atoms with E-state index in [1.54, 1.807) is 24.0 Å². The summed E-state index contributed by atoms with van der Waals surface area (Å²) in [5, 5.41) is 0. The molecule has 0 saturated carbocycles. The van der Waals surface area contributed by atoms with Crippen molar-refractivity contribution in [3.05, 3.63) is 59.5 Å². The quantitative estimate of drug-likeness (QED) is 0.857. The number of nitrogens with two attached hydrogens (primary N) is 1. The maximum absolute atomic E-state index is 14.2. The van der Waals surface area contributed by atoms with Crippen molar-refractivity contribution in [2.45, 2.75) is 43.9 Å². The van der Waals surface area contributed by atoms with E-state index in [1.807, 2.05) is 6.07 Å². The third-order valence-corrected chi connectivity index (χ3v) is 5.92. The molecule has 0 radical (unpaired) electrons. The second-order valence-corrected chi connectivity index (χ2v) is 8.09. The first-order valence-electron chi connectivity index (χ1n) is 10.1. The molecule has 2 aromatic rings. The van der Waals surface area contributed by atoms with Crippen molar-refractivity contribution in [3.8, 4) is 0 Å². The number of hydrogen-bond acceptors (Lipinski definition) is 4. The molecule has 0 spiro atoms. The average molecular weight is 385 g/mol. The molecule has 2 aliphatic rings. The van der Waals surface area contributed by atoms with Crippen LogP contribution in [0.5, 0.6) is 0 Å². The van der Waals surface area contributed by atoms with E-state index in [9.17, 15) is 9.18 Å². The highest BCUT2D eigenvalue weighted by Crippen LogP contribution is 2.30. The second-order valence-electron chi connectivity index (χ2n) is 8.09. The zero-order valence-corrected chi connectivity index (χ0v) is 16.3. The molecule has 2 N–H and O–H groups in total. The maximum Gasteiger partial charge on any atom is 0.289 e. The van der Waals surface area contributed by atoms with Crippen LogP contribution in [0.1, 0.15) is 53.6 Å². The van der Waals surface area contributed by atoms with Crippen LogP contribution in [-0.4, -0.2) is 54.1 Å². The number of nitrogens with zero attached hydrogens (tertiary/aromatic N) is 2. The van der Waals surface area contributed by atoms with Crippen LogP contribution in [0.2, 0.25) is 0 Å².